The lowest BCUT2D eigenvalue weighted by Crippen LogP contribution is -1.95. The van der Waals surface area contributed by atoms with Crippen LogP contribution in [0.5, 0.6) is 0 Å². The molecule has 101 heavy (non-hydrogen) atoms. The molecule has 0 bridgehead atoms. The molecule has 470 valence electrons. The Balaban J connectivity index is 0.741. The van der Waals surface area contributed by atoms with Crippen LogP contribution in [0.15, 0.2) is 370 Å². The average molecular weight is 1280 g/mol. The SMILES string of the molecule is c1ccc(-c2ccc(-n3c4ccccc4c4cc(-c5ccc6c(c5)c5cc(-c7ccc8c(c7)c7cc(-c9ccc%10c(c9)c9ccccc9n%10-c9ccccc9)ccc7n8-c7ccc8c(c7)c7ccccc7n8-c7ccccc7)ccc5n6-c5ccc(-c6ccccc6)cc5)ccc43)cc2)cc1. The van der Waals surface area contributed by atoms with Gasteiger partial charge in [-0.25, -0.2) is 0 Å². The Kier molecular flexibility index (Phi) is 12.7. The van der Waals surface area contributed by atoms with E-state index in [0.717, 1.165) is 61.6 Å². The standard InChI is InChI=1S/C96H61N5/c1-5-19-62(20-6-1)64-33-43-74(44-34-64)99-88-31-17-14-28-78(88)81-56-67(38-49-91(81)99)68-39-50-92-82(57-68)83-58-70(40-51-93(83)100(92)75-45-35-65(36-46-75)63-21-7-2-8-22-63)71-42-53-95-85(60-71)84-59-69(66-37-48-90-80(55-66)77-27-13-16-30-87(77)97(90)72-23-9-3-10-24-72)41-52-94(84)101(95)76-47-54-96-86(61-76)79-29-15-18-32-89(79)98(96)73-25-11-4-12-26-73/h1-61H. The van der Waals surface area contributed by atoms with E-state index in [1.165, 1.54) is 131 Å². The van der Waals surface area contributed by atoms with E-state index in [9.17, 15) is 0 Å². The molecule has 5 heteroatoms. The van der Waals surface area contributed by atoms with Gasteiger partial charge in [0, 0.05) is 82.3 Å². The smallest absolute Gasteiger partial charge is 0.0542 e. The number of nitrogens with zero attached hydrogens (tertiary/aromatic N) is 5. The summed E-state index contributed by atoms with van der Waals surface area (Å²) in [5.74, 6) is 0. The molecule has 0 aliphatic rings. The van der Waals surface area contributed by atoms with Crippen LogP contribution in [-0.4, -0.2) is 22.8 Å². The molecular weight excluding hydrogens is 1220 g/mol. The largest absolute Gasteiger partial charge is 0.309 e. The Morgan fingerprint density at radius 2 is 0.297 bits per heavy atom. The molecule has 0 radical (unpaired) electrons. The first kappa shape index (κ1) is 56.7. The molecule has 0 aliphatic carbocycles. The van der Waals surface area contributed by atoms with Crippen molar-refractivity contribution >= 4 is 109 Å². The number of hydrogen-bond donors (Lipinski definition) is 0. The summed E-state index contributed by atoms with van der Waals surface area (Å²) in [6.45, 7) is 0. The lowest BCUT2D eigenvalue weighted by molar-refractivity contribution is 1.17. The van der Waals surface area contributed by atoms with Gasteiger partial charge in [0.15, 0.2) is 0 Å². The van der Waals surface area contributed by atoms with Gasteiger partial charge in [-0.05, 0) is 213 Å². The number of benzene rings is 16. The maximum absolute atomic E-state index is 2.49. The fourth-order valence-corrected chi connectivity index (χ4v) is 16.6. The van der Waals surface area contributed by atoms with Crippen molar-refractivity contribution in [2.75, 3.05) is 0 Å². The summed E-state index contributed by atoms with van der Waals surface area (Å²) in [7, 11) is 0. The first-order chi connectivity index (χ1) is 50.1. The molecule has 16 aromatic carbocycles. The molecule has 5 nitrogen and oxygen atoms in total. The summed E-state index contributed by atoms with van der Waals surface area (Å²) in [6, 6.07) is 137. The number of fused-ring (bicyclic) bond motifs is 15. The predicted molar refractivity (Wildman–Crippen MR) is 425 cm³/mol. The van der Waals surface area contributed by atoms with Gasteiger partial charge in [0.2, 0.25) is 0 Å². The van der Waals surface area contributed by atoms with Crippen molar-refractivity contribution in [3.8, 4) is 84.1 Å². The molecule has 5 aromatic heterocycles. The van der Waals surface area contributed by atoms with Crippen LogP contribution in [0.2, 0.25) is 0 Å². The molecule has 0 aliphatic heterocycles. The summed E-state index contributed by atoms with van der Waals surface area (Å²) < 4.78 is 12.2. The third kappa shape index (κ3) is 8.97. The Hall–Kier alpha value is -13.5. The number of rotatable bonds is 10. The summed E-state index contributed by atoms with van der Waals surface area (Å²) >= 11 is 0. The number of hydrogen-bond acceptors (Lipinski definition) is 0. The molecular formula is C96H61N5. The predicted octanol–water partition coefficient (Wildman–Crippen LogP) is 25.5. The topological polar surface area (TPSA) is 24.6 Å². The second-order valence-corrected chi connectivity index (χ2v) is 26.8. The average Bonchev–Trinajstić information content (AvgIpc) is 1.58. The molecule has 0 saturated heterocycles. The van der Waals surface area contributed by atoms with Gasteiger partial charge in [-0.2, -0.15) is 0 Å². The normalized spacial score (nSPS) is 12.0. The van der Waals surface area contributed by atoms with Crippen molar-refractivity contribution in [2.45, 2.75) is 0 Å². The third-order valence-electron chi connectivity index (χ3n) is 21.3. The first-order valence-corrected chi connectivity index (χ1v) is 34.8. The minimum atomic E-state index is 1.12. The van der Waals surface area contributed by atoms with Crippen molar-refractivity contribution in [1.82, 2.24) is 22.8 Å². The quantitative estimate of drug-likeness (QED) is 0.130. The highest BCUT2D eigenvalue weighted by atomic mass is 15.0. The van der Waals surface area contributed by atoms with Gasteiger partial charge in [-0.15, -0.1) is 0 Å². The van der Waals surface area contributed by atoms with Crippen LogP contribution in [0.1, 0.15) is 0 Å². The zero-order valence-electron chi connectivity index (χ0n) is 55.0. The molecule has 0 unspecified atom stereocenters. The highest BCUT2D eigenvalue weighted by Gasteiger charge is 2.22. The fourth-order valence-electron chi connectivity index (χ4n) is 16.6. The molecule has 0 saturated carbocycles. The van der Waals surface area contributed by atoms with E-state index in [1.807, 2.05) is 0 Å². The van der Waals surface area contributed by atoms with Gasteiger partial charge in [-0.3, -0.25) is 0 Å². The number of aromatic nitrogens is 5. The molecule has 21 rings (SSSR count). The van der Waals surface area contributed by atoms with E-state index >= 15 is 0 Å². The summed E-state index contributed by atoms with van der Waals surface area (Å²) in [6.07, 6.45) is 0. The van der Waals surface area contributed by atoms with Crippen LogP contribution in [0, 0.1) is 0 Å². The highest BCUT2D eigenvalue weighted by Crippen LogP contribution is 2.45. The maximum Gasteiger partial charge on any atom is 0.0542 e. The van der Waals surface area contributed by atoms with E-state index in [1.54, 1.807) is 0 Å². The molecule has 5 heterocycles. The molecule has 21 aromatic rings. The van der Waals surface area contributed by atoms with Crippen molar-refractivity contribution in [2.24, 2.45) is 0 Å². The van der Waals surface area contributed by atoms with Crippen LogP contribution in [0.3, 0.4) is 0 Å². The van der Waals surface area contributed by atoms with Crippen LogP contribution in [0.4, 0.5) is 0 Å². The zero-order valence-corrected chi connectivity index (χ0v) is 55.0. The third-order valence-corrected chi connectivity index (χ3v) is 21.3. The van der Waals surface area contributed by atoms with Crippen LogP contribution < -0.4 is 0 Å². The molecule has 0 amide bonds. The van der Waals surface area contributed by atoms with Gasteiger partial charge >= 0.3 is 0 Å². The molecule has 0 N–H and O–H groups in total. The van der Waals surface area contributed by atoms with E-state index in [-0.39, 0.29) is 0 Å². The van der Waals surface area contributed by atoms with E-state index < -0.39 is 0 Å². The summed E-state index contributed by atoms with van der Waals surface area (Å²) in [5, 5.41) is 12.1. The van der Waals surface area contributed by atoms with Gasteiger partial charge in [0.05, 0.1) is 55.2 Å². The second kappa shape index (κ2) is 22.5. The minimum Gasteiger partial charge on any atom is -0.309 e. The lowest BCUT2D eigenvalue weighted by Gasteiger charge is -2.11. The summed E-state index contributed by atoms with van der Waals surface area (Å²) in [5.41, 5.74) is 29.2. The maximum atomic E-state index is 2.49. The van der Waals surface area contributed by atoms with Gasteiger partial charge in [-0.1, -0.05) is 212 Å². The fraction of sp³-hybridized carbons (Fsp3) is 0. The van der Waals surface area contributed by atoms with E-state index in [4.69, 9.17) is 0 Å². The van der Waals surface area contributed by atoms with Gasteiger partial charge in [0.25, 0.3) is 0 Å². The van der Waals surface area contributed by atoms with Crippen LogP contribution in [0.25, 0.3) is 193 Å². The number of para-hydroxylation sites is 5. The Morgan fingerprint density at radius 1 is 0.109 bits per heavy atom. The van der Waals surface area contributed by atoms with E-state index in [0.29, 0.717) is 0 Å². The summed E-state index contributed by atoms with van der Waals surface area (Å²) in [4.78, 5) is 0. The first-order valence-electron chi connectivity index (χ1n) is 34.8. The highest BCUT2D eigenvalue weighted by molar-refractivity contribution is 6.17. The molecule has 0 fully saturated rings. The molecule has 0 atom stereocenters. The van der Waals surface area contributed by atoms with E-state index in [2.05, 4.69) is 393 Å². The van der Waals surface area contributed by atoms with Crippen LogP contribution >= 0.6 is 0 Å². The minimum absolute atomic E-state index is 1.12. The Labute approximate surface area is 582 Å². The lowest BCUT2D eigenvalue weighted by atomic mass is 9.98. The monoisotopic (exact) mass is 1280 g/mol. The van der Waals surface area contributed by atoms with Crippen molar-refractivity contribution in [1.29, 1.82) is 0 Å². The second-order valence-electron chi connectivity index (χ2n) is 26.8. The van der Waals surface area contributed by atoms with Crippen molar-refractivity contribution < 1.29 is 0 Å². The van der Waals surface area contributed by atoms with Gasteiger partial charge in [0.1, 0.15) is 0 Å². The van der Waals surface area contributed by atoms with Crippen LogP contribution in [-0.2, 0) is 0 Å². The van der Waals surface area contributed by atoms with Crippen molar-refractivity contribution in [3.63, 3.8) is 0 Å². The molecule has 0 spiro atoms. The Bertz CT molecular complexity index is 6890. The van der Waals surface area contributed by atoms with Gasteiger partial charge < -0.3 is 22.8 Å². The Morgan fingerprint density at radius 3 is 0.604 bits per heavy atom. The van der Waals surface area contributed by atoms with Crippen molar-refractivity contribution in [3.05, 3.63) is 370 Å². The zero-order chi connectivity index (χ0) is 66.2.